The van der Waals surface area contributed by atoms with Gasteiger partial charge >= 0.3 is 0 Å². The van der Waals surface area contributed by atoms with Crippen LogP contribution >= 0.6 is 0 Å². The molecular formula is C32H42O4. The molecule has 1 aromatic carbocycles. The molecule has 36 heavy (non-hydrogen) atoms. The van der Waals surface area contributed by atoms with E-state index in [0.717, 1.165) is 23.8 Å². The molecule has 1 heterocycles. The van der Waals surface area contributed by atoms with E-state index in [1.165, 1.54) is 37.7 Å². The molecule has 2 aromatic rings. The quantitative estimate of drug-likeness (QED) is 0.397. The Hall–Kier alpha value is -2.17. The molecule has 4 heteroatoms. The summed E-state index contributed by atoms with van der Waals surface area (Å²) in [6.07, 6.45) is 14.3. The van der Waals surface area contributed by atoms with Crippen LogP contribution in [0.25, 0.3) is 11.0 Å². The zero-order chi connectivity index (χ0) is 25.3. The maximum Gasteiger partial charge on any atom is 0.198 e. The maximum atomic E-state index is 12.8. The van der Waals surface area contributed by atoms with Gasteiger partial charge in [0.2, 0.25) is 0 Å². The highest BCUT2D eigenvalue weighted by molar-refractivity contribution is 5.97. The number of allylic oxidation sites excluding steroid dienone is 3. The number of fused-ring (bicyclic) bond motifs is 2. The van der Waals surface area contributed by atoms with Gasteiger partial charge in [0.05, 0.1) is 12.2 Å². The van der Waals surface area contributed by atoms with E-state index in [1.54, 1.807) is 5.57 Å². The summed E-state index contributed by atoms with van der Waals surface area (Å²) in [6, 6.07) is 9.68. The summed E-state index contributed by atoms with van der Waals surface area (Å²) in [6.45, 7) is 4.91. The van der Waals surface area contributed by atoms with Gasteiger partial charge in [0.25, 0.3) is 0 Å². The molecular weight excluding hydrogens is 448 g/mol. The summed E-state index contributed by atoms with van der Waals surface area (Å²) in [5.41, 5.74) is 3.86. The van der Waals surface area contributed by atoms with Crippen molar-refractivity contribution in [1.29, 1.82) is 0 Å². The Morgan fingerprint density at radius 1 is 1.17 bits per heavy atom. The van der Waals surface area contributed by atoms with E-state index >= 15 is 0 Å². The fourth-order valence-electron chi connectivity index (χ4n) is 7.77. The number of aliphatic hydroxyl groups excluding tert-OH is 2. The van der Waals surface area contributed by atoms with Crippen LogP contribution in [0.5, 0.6) is 0 Å². The first-order chi connectivity index (χ1) is 17.3. The molecule has 0 aliphatic heterocycles. The smallest absolute Gasteiger partial charge is 0.198 e. The lowest BCUT2D eigenvalue weighted by molar-refractivity contribution is 0.0609. The number of para-hydroxylation sites is 1. The summed E-state index contributed by atoms with van der Waals surface area (Å²) in [7, 11) is 0. The fourth-order valence-corrected chi connectivity index (χ4v) is 7.77. The summed E-state index contributed by atoms with van der Waals surface area (Å²) in [4.78, 5) is 12.8. The minimum atomic E-state index is -0.412. The second-order valence-electron chi connectivity index (χ2n) is 12.1. The third-order valence-electron chi connectivity index (χ3n) is 9.56. The van der Waals surface area contributed by atoms with E-state index in [0.29, 0.717) is 54.6 Å². The second kappa shape index (κ2) is 10.7. The van der Waals surface area contributed by atoms with Gasteiger partial charge in [-0.1, -0.05) is 55.3 Å². The molecule has 194 valence electrons. The monoisotopic (exact) mass is 490 g/mol. The van der Waals surface area contributed by atoms with Gasteiger partial charge in [-0.2, -0.15) is 0 Å². The molecule has 3 saturated carbocycles. The van der Waals surface area contributed by atoms with Crippen molar-refractivity contribution >= 4 is 16.8 Å². The topological polar surface area (TPSA) is 70.7 Å². The van der Waals surface area contributed by atoms with Crippen LogP contribution in [-0.2, 0) is 0 Å². The van der Waals surface area contributed by atoms with Crippen molar-refractivity contribution in [1.82, 2.24) is 0 Å². The van der Waals surface area contributed by atoms with Crippen LogP contribution in [0.15, 0.2) is 58.0 Å². The van der Waals surface area contributed by atoms with Gasteiger partial charge in [0.15, 0.2) is 11.5 Å². The average molecular weight is 491 g/mol. The number of benzene rings is 1. The molecule has 6 atom stereocenters. The zero-order valence-electron chi connectivity index (χ0n) is 21.9. The van der Waals surface area contributed by atoms with E-state index in [1.807, 2.05) is 30.3 Å². The second-order valence-corrected chi connectivity index (χ2v) is 12.1. The molecule has 4 nitrogen and oxygen atoms in total. The number of furan rings is 1. The Morgan fingerprint density at radius 2 is 1.94 bits per heavy atom. The summed E-state index contributed by atoms with van der Waals surface area (Å²) >= 11 is 0. The predicted octanol–water partition coefficient (Wildman–Crippen LogP) is 7.40. The molecule has 0 radical (unpaired) electrons. The molecule has 1 aromatic heterocycles. The predicted molar refractivity (Wildman–Crippen MR) is 144 cm³/mol. The Balaban J connectivity index is 1.19. The van der Waals surface area contributed by atoms with Crippen LogP contribution in [0, 0.1) is 23.2 Å². The number of hydrogen-bond acceptors (Lipinski definition) is 4. The summed E-state index contributed by atoms with van der Waals surface area (Å²) in [5, 5.41) is 21.1. The van der Waals surface area contributed by atoms with Gasteiger partial charge in [-0.15, -0.1) is 0 Å². The number of hydrogen-bond donors (Lipinski definition) is 2. The standard InChI is InChI=1S/C32H42O4/c1-21(7-5-10-29(35)31-19-24-8-3-4-11-30(24)36-31)27-14-15-28-23(9-6-16-32(27,28)2)13-12-22-17-25(33)20-26(34)18-22/h3-4,8,11-13,19,21,25-28,33-34H,5-7,9-10,14-18,20H2,1-2H3/b23-13+/t21-,25-,26-,27-,28+,32-/m1/s1. The van der Waals surface area contributed by atoms with Gasteiger partial charge < -0.3 is 14.6 Å². The first-order valence-corrected chi connectivity index (χ1v) is 14.1. The Morgan fingerprint density at radius 3 is 2.72 bits per heavy atom. The molecule has 3 fully saturated rings. The van der Waals surface area contributed by atoms with E-state index < -0.39 is 12.2 Å². The third kappa shape index (κ3) is 5.26. The van der Waals surface area contributed by atoms with Gasteiger partial charge in [-0.05, 0) is 99.5 Å². The Bertz CT molecular complexity index is 1090. The SMILES string of the molecule is C[C@H](CCCC(=O)c1cc2ccccc2o1)[C@H]1CC[C@H]2/C(=C/C=C3C[C@@H](O)C[C@H](O)C3)CCC[C@]12C. The van der Waals surface area contributed by atoms with Crippen LogP contribution in [-0.4, -0.2) is 28.2 Å². The number of carbonyl (C=O) groups is 1. The number of Topliss-reactive ketones (excluding diaryl/α,β-unsaturated/α-hetero) is 1. The van der Waals surface area contributed by atoms with Gasteiger partial charge in [-0.3, -0.25) is 4.79 Å². The molecule has 0 saturated heterocycles. The van der Waals surface area contributed by atoms with Crippen LogP contribution < -0.4 is 0 Å². The largest absolute Gasteiger partial charge is 0.453 e. The van der Waals surface area contributed by atoms with E-state index in [-0.39, 0.29) is 5.78 Å². The molecule has 3 aliphatic carbocycles. The number of rotatable bonds is 7. The highest BCUT2D eigenvalue weighted by atomic mass is 16.3. The summed E-state index contributed by atoms with van der Waals surface area (Å²) in [5.74, 6) is 2.53. The normalized spacial score (nSPS) is 32.6. The lowest BCUT2D eigenvalue weighted by Crippen LogP contribution is -2.36. The first-order valence-electron chi connectivity index (χ1n) is 14.1. The van der Waals surface area contributed by atoms with Crippen LogP contribution in [0.3, 0.4) is 0 Å². The maximum absolute atomic E-state index is 12.8. The highest BCUT2D eigenvalue weighted by Crippen LogP contribution is 2.59. The molecule has 5 rings (SSSR count). The van der Waals surface area contributed by atoms with Crippen LogP contribution in [0.2, 0.25) is 0 Å². The fraction of sp³-hybridized carbons (Fsp3) is 0.594. The van der Waals surface area contributed by atoms with Crippen molar-refractivity contribution in [3.8, 4) is 0 Å². The van der Waals surface area contributed by atoms with E-state index in [9.17, 15) is 15.0 Å². The molecule has 0 unspecified atom stereocenters. The third-order valence-corrected chi connectivity index (χ3v) is 9.56. The van der Waals surface area contributed by atoms with Crippen molar-refractivity contribution in [3.63, 3.8) is 0 Å². The molecule has 3 aliphatic rings. The van der Waals surface area contributed by atoms with Crippen molar-refractivity contribution in [2.45, 2.75) is 96.7 Å². The van der Waals surface area contributed by atoms with Crippen molar-refractivity contribution in [2.75, 3.05) is 0 Å². The van der Waals surface area contributed by atoms with E-state index in [2.05, 4.69) is 26.0 Å². The van der Waals surface area contributed by atoms with Crippen LogP contribution in [0.4, 0.5) is 0 Å². The average Bonchev–Trinajstić information content (AvgIpc) is 3.43. The van der Waals surface area contributed by atoms with E-state index in [4.69, 9.17) is 4.42 Å². The van der Waals surface area contributed by atoms with Gasteiger partial charge in [-0.25, -0.2) is 0 Å². The Kier molecular flexibility index (Phi) is 7.55. The lowest BCUT2D eigenvalue weighted by Gasteiger charge is -2.44. The molecule has 0 amide bonds. The van der Waals surface area contributed by atoms with Crippen LogP contribution in [0.1, 0.15) is 95.0 Å². The first kappa shape index (κ1) is 25.5. The van der Waals surface area contributed by atoms with Crippen molar-refractivity contribution < 1.29 is 19.4 Å². The lowest BCUT2D eigenvalue weighted by atomic mass is 9.60. The zero-order valence-corrected chi connectivity index (χ0v) is 21.9. The summed E-state index contributed by atoms with van der Waals surface area (Å²) < 4.78 is 5.78. The van der Waals surface area contributed by atoms with Gasteiger partial charge in [0.1, 0.15) is 5.58 Å². The van der Waals surface area contributed by atoms with Gasteiger partial charge in [0, 0.05) is 11.8 Å². The number of carbonyl (C=O) groups excluding carboxylic acids is 1. The molecule has 2 N–H and O–H groups in total. The van der Waals surface area contributed by atoms with Crippen molar-refractivity contribution in [2.24, 2.45) is 23.2 Å². The minimum absolute atomic E-state index is 0.114. The Labute approximate surface area is 215 Å². The number of ketones is 1. The molecule has 0 spiro atoms. The van der Waals surface area contributed by atoms with Crippen molar-refractivity contribution in [3.05, 3.63) is 59.4 Å². The minimum Gasteiger partial charge on any atom is -0.453 e. The number of aliphatic hydroxyl groups is 2. The highest BCUT2D eigenvalue weighted by Gasteiger charge is 2.50. The molecule has 0 bridgehead atoms.